The lowest BCUT2D eigenvalue weighted by Gasteiger charge is -2.26. The highest BCUT2D eigenvalue weighted by molar-refractivity contribution is 5.73. The van der Waals surface area contributed by atoms with E-state index in [1.807, 2.05) is 4.90 Å². The van der Waals surface area contributed by atoms with E-state index in [9.17, 15) is 18.0 Å². The summed E-state index contributed by atoms with van der Waals surface area (Å²) in [6.45, 7) is 0.774. The van der Waals surface area contributed by atoms with Gasteiger partial charge in [-0.05, 0) is 37.5 Å². The van der Waals surface area contributed by atoms with Gasteiger partial charge in [-0.2, -0.15) is 13.2 Å². The van der Waals surface area contributed by atoms with Crippen LogP contribution in [0.4, 0.5) is 13.2 Å². The Morgan fingerprint density at radius 1 is 1.36 bits per heavy atom. The molecule has 1 aliphatic carbocycles. The quantitative estimate of drug-likeness (QED) is 0.840. The fraction of sp³-hybridized carbons (Fsp3) is 0.533. The number of aliphatic carboxylic acids is 1. The predicted molar refractivity (Wildman–Crippen MR) is 73.7 cm³/mol. The summed E-state index contributed by atoms with van der Waals surface area (Å²) in [4.78, 5) is 13.0. The molecule has 1 aromatic rings. The third kappa shape index (κ3) is 4.91. The molecule has 7 heteroatoms. The Kier molecular flexibility index (Phi) is 4.95. The number of carbonyl (C=O) groups is 1. The topological polar surface area (TPSA) is 49.8 Å². The standard InChI is InChI=1S/C15H18F3NO3/c1-10(14(20)21)19(12-4-5-12)8-11-2-6-13(7-3-11)22-9-15(16,17)18/h2-3,6-7,10,12H,4-5,8-9H2,1H3,(H,20,21). The molecule has 1 N–H and O–H groups in total. The molecule has 0 radical (unpaired) electrons. The van der Waals surface area contributed by atoms with Crippen molar-refractivity contribution in [3.63, 3.8) is 0 Å². The zero-order valence-corrected chi connectivity index (χ0v) is 12.1. The van der Waals surface area contributed by atoms with Crippen LogP contribution in [0.3, 0.4) is 0 Å². The number of rotatable bonds is 7. The van der Waals surface area contributed by atoms with Gasteiger partial charge in [0, 0.05) is 12.6 Å². The van der Waals surface area contributed by atoms with Crippen LogP contribution >= 0.6 is 0 Å². The van der Waals surface area contributed by atoms with Crippen LogP contribution < -0.4 is 4.74 Å². The average molecular weight is 317 g/mol. The summed E-state index contributed by atoms with van der Waals surface area (Å²) in [5.74, 6) is -0.734. The molecule has 1 unspecified atom stereocenters. The molecule has 1 saturated carbocycles. The summed E-state index contributed by atoms with van der Waals surface area (Å²) >= 11 is 0. The summed E-state index contributed by atoms with van der Waals surface area (Å²) in [5.41, 5.74) is 0.847. The first-order valence-corrected chi connectivity index (χ1v) is 7.03. The number of carboxylic acid groups (broad SMARTS) is 1. The van der Waals surface area contributed by atoms with Crippen molar-refractivity contribution in [3.8, 4) is 5.75 Å². The number of halogens is 3. The van der Waals surface area contributed by atoms with Crippen LogP contribution in [-0.2, 0) is 11.3 Å². The largest absolute Gasteiger partial charge is 0.484 e. The monoisotopic (exact) mass is 317 g/mol. The van der Waals surface area contributed by atoms with Gasteiger partial charge < -0.3 is 9.84 Å². The van der Waals surface area contributed by atoms with E-state index >= 15 is 0 Å². The fourth-order valence-electron chi connectivity index (χ4n) is 2.20. The van der Waals surface area contributed by atoms with Crippen molar-refractivity contribution in [3.05, 3.63) is 29.8 Å². The van der Waals surface area contributed by atoms with Crippen molar-refractivity contribution in [2.24, 2.45) is 0 Å². The van der Waals surface area contributed by atoms with E-state index in [0.717, 1.165) is 18.4 Å². The number of hydrogen-bond donors (Lipinski definition) is 1. The summed E-state index contributed by atoms with van der Waals surface area (Å²) in [6.07, 6.45) is -2.41. The maximum absolute atomic E-state index is 12.1. The van der Waals surface area contributed by atoms with Crippen LogP contribution in [-0.4, -0.2) is 40.8 Å². The summed E-state index contributed by atoms with van der Waals surface area (Å²) in [6, 6.07) is 5.95. The number of benzene rings is 1. The van der Waals surface area contributed by atoms with Gasteiger partial charge in [0.05, 0.1) is 0 Å². The summed E-state index contributed by atoms with van der Waals surface area (Å²) in [5, 5.41) is 9.13. The van der Waals surface area contributed by atoms with E-state index < -0.39 is 24.8 Å². The third-order valence-electron chi connectivity index (χ3n) is 3.56. The molecule has 0 bridgehead atoms. The van der Waals surface area contributed by atoms with Crippen molar-refractivity contribution in [2.75, 3.05) is 6.61 Å². The molecule has 0 spiro atoms. The minimum atomic E-state index is -4.36. The molecule has 0 saturated heterocycles. The Balaban J connectivity index is 1.96. The lowest BCUT2D eigenvalue weighted by atomic mass is 10.1. The number of nitrogens with zero attached hydrogens (tertiary/aromatic N) is 1. The van der Waals surface area contributed by atoms with Gasteiger partial charge in [0.2, 0.25) is 0 Å². The van der Waals surface area contributed by atoms with E-state index in [1.165, 1.54) is 12.1 Å². The first-order valence-electron chi connectivity index (χ1n) is 7.03. The fourth-order valence-corrected chi connectivity index (χ4v) is 2.20. The Morgan fingerprint density at radius 3 is 2.41 bits per heavy atom. The lowest BCUT2D eigenvalue weighted by molar-refractivity contribution is -0.153. The van der Waals surface area contributed by atoms with Crippen molar-refractivity contribution in [1.82, 2.24) is 4.90 Å². The molecular formula is C15H18F3NO3. The van der Waals surface area contributed by atoms with E-state index in [1.54, 1.807) is 19.1 Å². The van der Waals surface area contributed by atoms with Crippen LogP contribution in [0.5, 0.6) is 5.75 Å². The number of carboxylic acids is 1. The predicted octanol–water partition coefficient (Wildman–Crippen LogP) is 3.07. The highest BCUT2D eigenvalue weighted by Gasteiger charge is 2.35. The lowest BCUT2D eigenvalue weighted by Crippen LogP contribution is -2.39. The van der Waals surface area contributed by atoms with Crippen LogP contribution in [0.25, 0.3) is 0 Å². The van der Waals surface area contributed by atoms with Crippen molar-refractivity contribution >= 4 is 5.97 Å². The second kappa shape index (κ2) is 6.56. The Hall–Kier alpha value is -1.76. The molecule has 2 rings (SSSR count). The molecule has 0 heterocycles. The maximum atomic E-state index is 12.1. The molecule has 4 nitrogen and oxygen atoms in total. The molecule has 0 aliphatic heterocycles. The number of alkyl halides is 3. The first-order chi connectivity index (χ1) is 10.3. The molecule has 1 aliphatic rings. The van der Waals surface area contributed by atoms with Crippen molar-refractivity contribution in [1.29, 1.82) is 0 Å². The highest BCUT2D eigenvalue weighted by atomic mass is 19.4. The smallest absolute Gasteiger partial charge is 0.422 e. The minimum absolute atomic E-state index is 0.144. The van der Waals surface area contributed by atoms with E-state index in [-0.39, 0.29) is 11.8 Å². The zero-order valence-electron chi connectivity index (χ0n) is 12.1. The second-order valence-electron chi connectivity index (χ2n) is 5.47. The van der Waals surface area contributed by atoms with E-state index in [2.05, 4.69) is 4.74 Å². The Morgan fingerprint density at radius 2 is 1.95 bits per heavy atom. The highest BCUT2D eigenvalue weighted by Crippen LogP contribution is 2.30. The average Bonchev–Trinajstić information content (AvgIpc) is 3.26. The first kappa shape index (κ1) is 16.6. The Labute approximate surface area is 126 Å². The molecule has 0 amide bonds. The number of ether oxygens (including phenoxy) is 1. The zero-order chi connectivity index (χ0) is 16.3. The molecular weight excluding hydrogens is 299 g/mol. The maximum Gasteiger partial charge on any atom is 0.422 e. The SMILES string of the molecule is CC(C(=O)O)N(Cc1ccc(OCC(F)(F)F)cc1)C1CC1. The van der Waals surface area contributed by atoms with Crippen molar-refractivity contribution < 1.29 is 27.8 Å². The molecule has 1 aromatic carbocycles. The van der Waals surface area contributed by atoms with Gasteiger partial charge in [0.25, 0.3) is 0 Å². The van der Waals surface area contributed by atoms with Gasteiger partial charge in [-0.3, -0.25) is 9.69 Å². The summed E-state index contributed by atoms with van der Waals surface area (Å²) in [7, 11) is 0. The van der Waals surface area contributed by atoms with Crippen molar-refractivity contribution in [2.45, 2.75) is 44.6 Å². The Bertz CT molecular complexity index is 512. The van der Waals surface area contributed by atoms with E-state index in [0.29, 0.717) is 6.54 Å². The van der Waals surface area contributed by atoms with Crippen LogP contribution in [0.15, 0.2) is 24.3 Å². The van der Waals surface area contributed by atoms with Gasteiger partial charge in [-0.1, -0.05) is 12.1 Å². The number of hydrogen-bond acceptors (Lipinski definition) is 3. The molecule has 22 heavy (non-hydrogen) atoms. The summed E-state index contributed by atoms with van der Waals surface area (Å²) < 4.78 is 40.8. The van der Waals surface area contributed by atoms with Gasteiger partial charge in [0.15, 0.2) is 6.61 Å². The minimum Gasteiger partial charge on any atom is -0.484 e. The molecule has 1 fully saturated rings. The van der Waals surface area contributed by atoms with Gasteiger partial charge in [-0.25, -0.2) is 0 Å². The van der Waals surface area contributed by atoms with Crippen LogP contribution in [0.1, 0.15) is 25.3 Å². The normalized spacial score (nSPS) is 16.6. The van der Waals surface area contributed by atoms with Gasteiger partial charge in [0.1, 0.15) is 11.8 Å². The van der Waals surface area contributed by atoms with Gasteiger partial charge >= 0.3 is 12.1 Å². The molecule has 122 valence electrons. The molecule has 0 aromatic heterocycles. The van der Waals surface area contributed by atoms with E-state index in [4.69, 9.17) is 5.11 Å². The third-order valence-corrected chi connectivity index (χ3v) is 3.56. The van der Waals surface area contributed by atoms with Crippen LogP contribution in [0, 0.1) is 0 Å². The van der Waals surface area contributed by atoms with Crippen LogP contribution in [0.2, 0.25) is 0 Å². The second-order valence-corrected chi connectivity index (χ2v) is 5.47. The van der Waals surface area contributed by atoms with Gasteiger partial charge in [-0.15, -0.1) is 0 Å². The molecule has 1 atom stereocenters.